The summed E-state index contributed by atoms with van der Waals surface area (Å²) < 4.78 is 39.0. The van der Waals surface area contributed by atoms with Crippen LogP contribution < -0.4 is 4.74 Å². The van der Waals surface area contributed by atoms with E-state index in [0.29, 0.717) is 0 Å². The van der Waals surface area contributed by atoms with Crippen LogP contribution in [0.1, 0.15) is 10.5 Å². The molecule has 0 bridgehead atoms. The highest BCUT2D eigenvalue weighted by Crippen LogP contribution is 2.34. The summed E-state index contributed by atoms with van der Waals surface area (Å²) in [5.74, 6) is -2.52. The predicted molar refractivity (Wildman–Crippen MR) is 49.4 cm³/mol. The molecule has 0 aliphatic rings. The molecule has 0 fully saturated rings. The van der Waals surface area contributed by atoms with Gasteiger partial charge in [-0.15, -0.1) is 13.2 Å². The molecule has 1 heterocycles. The Labute approximate surface area is 101 Å². The molecule has 0 aromatic carbocycles. The highest BCUT2D eigenvalue weighted by Gasteiger charge is 2.34. The van der Waals surface area contributed by atoms with Crippen molar-refractivity contribution in [3.63, 3.8) is 0 Å². The lowest BCUT2D eigenvalue weighted by molar-refractivity contribution is -0.386. The van der Waals surface area contributed by atoms with E-state index in [-0.39, 0.29) is 6.07 Å². The number of hydrogen-bond donors (Lipinski definition) is 1. The number of alkyl halides is 3. The van der Waals surface area contributed by atoms with Gasteiger partial charge in [-0.3, -0.25) is 14.9 Å². The van der Waals surface area contributed by atoms with Crippen LogP contribution in [0.3, 0.4) is 0 Å². The second kappa shape index (κ2) is 4.64. The van der Waals surface area contributed by atoms with E-state index in [1.165, 1.54) is 0 Å². The summed E-state index contributed by atoms with van der Waals surface area (Å²) in [4.78, 5) is 22.9. The van der Waals surface area contributed by atoms with Crippen molar-refractivity contribution in [2.45, 2.75) is 6.36 Å². The number of aromatic hydroxyl groups is 1. The van der Waals surface area contributed by atoms with Crippen LogP contribution >= 0.6 is 11.6 Å². The summed E-state index contributed by atoms with van der Waals surface area (Å²) in [5.41, 5.74) is -2.29. The van der Waals surface area contributed by atoms with Crippen molar-refractivity contribution in [3.05, 3.63) is 21.9 Å². The van der Waals surface area contributed by atoms with E-state index in [9.17, 15) is 33.2 Å². The van der Waals surface area contributed by atoms with Gasteiger partial charge in [-0.05, 0) is 11.6 Å². The molecule has 0 aliphatic heterocycles. The first kappa shape index (κ1) is 14.0. The lowest BCUT2D eigenvalue weighted by Gasteiger charge is -2.09. The normalized spacial score (nSPS) is 11.1. The second-order valence-corrected chi connectivity index (χ2v) is 3.10. The number of aromatic nitrogens is 1. The average Bonchev–Trinajstić information content (AvgIpc) is 2.17. The maximum absolute atomic E-state index is 11.9. The first-order valence-electron chi connectivity index (χ1n) is 3.96. The molecule has 98 valence electrons. The van der Waals surface area contributed by atoms with Gasteiger partial charge in [0.25, 0.3) is 5.24 Å². The Balaban J connectivity index is 3.38. The van der Waals surface area contributed by atoms with Crippen molar-refractivity contribution in [2.24, 2.45) is 0 Å². The van der Waals surface area contributed by atoms with Crippen LogP contribution in [0.15, 0.2) is 6.07 Å². The Kier molecular flexibility index (Phi) is 3.60. The lowest BCUT2D eigenvalue weighted by Crippen LogP contribution is -2.18. The van der Waals surface area contributed by atoms with Gasteiger partial charge in [-0.1, -0.05) is 0 Å². The van der Waals surface area contributed by atoms with Crippen molar-refractivity contribution < 1.29 is 32.7 Å². The van der Waals surface area contributed by atoms with E-state index in [2.05, 4.69) is 9.72 Å². The van der Waals surface area contributed by atoms with Crippen LogP contribution in [-0.4, -0.2) is 26.6 Å². The molecule has 7 nitrogen and oxygen atoms in total. The summed E-state index contributed by atoms with van der Waals surface area (Å²) in [6.07, 6.45) is -5.16. The van der Waals surface area contributed by atoms with Crippen molar-refractivity contribution in [3.8, 4) is 11.6 Å². The van der Waals surface area contributed by atoms with E-state index in [0.717, 1.165) is 0 Å². The first-order chi connectivity index (χ1) is 8.11. The van der Waals surface area contributed by atoms with Crippen molar-refractivity contribution in [1.82, 2.24) is 4.98 Å². The lowest BCUT2D eigenvalue weighted by atomic mass is 10.3. The van der Waals surface area contributed by atoms with Crippen molar-refractivity contribution >= 4 is 22.5 Å². The number of pyridine rings is 1. The van der Waals surface area contributed by atoms with Gasteiger partial charge < -0.3 is 9.84 Å². The Morgan fingerprint density at radius 2 is 2.11 bits per heavy atom. The van der Waals surface area contributed by atoms with Crippen LogP contribution in [0.25, 0.3) is 0 Å². The molecule has 1 rings (SSSR count). The minimum atomic E-state index is -5.16. The Morgan fingerprint density at radius 3 is 2.50 bits per heavy atom. The SMILES string of the molecule is O=C(Cl)c1nc(OC(F)(F)F)cc([N+](=O)[O-])c1O. The molecule has 0 spiro atoms. The fourth-order valence-corrected chi connectivity index (χ4v) is 1.08. The zero-order valence-corrected chi connectivity index (χ0v) is 8.82. The highest BCUT2D eigenvalue weighted by atomic mass is 35.5. The molecule has 11 heteroatoms. The van der Waals surface area contributed by atoms with Gasteiger partial charge in [0.1, 0.15) is 0 Å². The average molecular weight is 287 g/mol. The van der Waals surface area contributed by atoms with Crippen LogP contribution in [0.5, 0.6) is 11.6 Å². The Bertz CT molecular complexity index is 483. The van der Waals surface area contributed by atoms with Crippen LogP contribution in [0.2, 0.25) is 0 Å². The maximum atomic E-state index is 11.9. The van der Waals surface area contributed by atoms with Gasteiger partial charge in [0.15, 0.2) is 5.69 Å². The third kappa shape index (κ3) is 3.20. The smallest absolute Gasteiger partial charge is 0.500 e. The maximum Gasteiger partial charge on any atom is 0.574 e. The summed E-state index contributed by atoms with van der Waals surface area (Å²) in [5, 5.41) is 18.2. The van der Waals surface area contributed by atoms with Gasteiger partial charge >= 0.3 is 12.0 Å². The third-order valence-corrected chi connectivity index (χ3v) is 1.73. The summed E-state index contributed by atoms with van der Waals surface area (Å²) in [6, 6.07) is 0.214. The number of hydrogen-bond acceptors (Lipinski definition) is 6. The minimum absolute atomic E-state index is 0.214. The molecule has 0 amide bonds. The van der Waals surface area contributed by atoms with Gasteiger partial charge in [0.2, 0.25) is 11.6 Å². The molecule has 1 aromatic rings. The Morgan fingerprint density at radius 1 is 1.56 bits per heavy atom. The van der Waals surface area contributed by atoms with Crippen LogP contribution in [0.4, 0.5) is 18.9 Å². The minimum Gasteiger partial charge on any atom is -0.500 e. The number of rotatable bonds is 3. The number of carbonyl (C=O) groups is 1. The molecule has 0 saturated heterocycles. The zero-order chi connectivity index (χ0) is 14.1. The van der Waals surface area contributed by atoms with E-state index < -0.39 is 39.5 Å². The Hall–Kier alpha value is -2.10. The van der Waals surface area contributed by atoms with Crippen LogP contribution in [-0.2, 0) is 0 Å². The number of carbonyl (C=O) groups excluding carboxylic acids is 1. The van der Waals surface area contributed by atoms with Crippen molar-refractivity contribution in [1.29, 1.82) is 0 Å². The van der Waals surface area contributed by atoms with Gasteiger partial charge in [0, 0.05) is 0 Å². The predicted octanol–water partition coefficient (Wildman–Crippen LogP) is 1.97. The van der Waals surface area contributed by atoms with Gasteiger partial charge in [-0.2, -0.15) is 0 Å². The number of halogens is 4. The molecule has 0 radical (unpaired) electrons. The summed E-state index contributed by atoms with van der Waals surface area (Å²) in [6.45, 7) is 0. The molecular weight excluding hydrogens is 285 g/mol. The third-order valence-electron chi connectivity index (χ3n) is 1.55. The fraction of sp³-hybridized carbons (Fsp3) is 0.143. The van der Waals surface area contributed by atoms with Gasteiger partial charge in [-0.25, -0.2) is 4.98 Å². The zero-order valence-electron chi connectivity index (χ0n) is 8.06. The fourth-order valence-electron chi connectivity index (χ4n) is 0.949. The topological polar surface area (TPSA) is 103 Å². The largest absolute Gasteiger partial charge is 0.574 e. The molecule has 0 unspecified atom stereocenters. The number of nitro groups is 1. The molecule has 0 saturated carbocycles. The first-order valence-corrected chi connectivity index (χ1v) is 4.33. The van der Waals surface area contributed by atoms with E-state index in [1.807, 2.05) is 0 Å². The summed E-state index contributed by atoms with van der Waals surface area (Å²) >= 11 is 4.91. The molecule has 18 heavy (non-hydrogen) atoms. The molecule has 0 atom stereocenters. The van der Waals surface area contributed by atoms with Crippen molar-refractivity contribution in [2.75, 3.05) is 0 Å². The molecule has 1 aromatic heterocycles. The number of nitrogens with zero attached hydrogens (tertiary/aromatic N) is 2. The van der Waals surface area contributed by atoms with Gasteiger partial charge in [0.05, 0.1) is 11.0 Å². The molecule has 1 N–H and O–H groups in total. The standard InChI is InChI=1S/C7H2ClF3N2O5/c8-6(15)4-5(14)2(13(16)17)1-3(12-4)18-7(9,10)11/h1,14H. The van der Waals surface area contributed by atoms with E-state index in [4.69, 9.17) is 11.6 Å². The molecular formula is C7H2ClF3N2O5. The summed E-state index contributed by atoms with van der Waals surface area (Å²) in [7, 11) is 0. The highest BCUT2D eigenvalue weighted by molar-refractivity contribution is 6.67. The monoisotopic (exact) mass is 286 g/mol. The van der Waals surface area contributed by atoms with Crippen LogP contribution in [0, 0.1) is 10.1 Å². The molecule has 0 aliphatic carbocycles. The quantitative estimate of drug-likeness (QED) is 0.517. The van der Waals surface area contributed by atoms with E-state index >= 15 is 0 Å². The van der Waals surface area contributed by atoms with E-state index in [1.54, 1.807) is 0 Å². The number of ether oxygens (including phenoxy) is 1. The second-order valence-electron chi connectivity index (χ2n) is 2.76.